The molecule has 1 aromatic rings. The molecule has 1 aliphatic heterocycles. The van der Waals surface area contributed by atoms with Crippen LogP contribution in [0.2, 0.25) is 0 Å². The van der Waals surface area contributed by atoms with E-state index in [9.17, 15) is 4.79 Å². The van der Waals surface area contributed by atoms with Crippen molar-refractivity contribution < 1.29 is 4.79 Å². The first-order valence-corrected chi connectivity index (χ1v) is 6.88. The third kappa shape index (κ3) is 3.07. The van der Waals surface area contributed by atoms with Crippen molar-refractivity contribution in [3.05, 3.63) is 29.8 Å². The summed E-state index contributed by atoms with van der Waals surface area (Å²) in [4.78, 5) is 14.5. The molecule has 1 amide bonds. The lowest BCUT2D eigenvalue weighted by molar-refractivity contribution is -0.122. The maximum absolute atomic E-state index is 12.3. The summed E-state index contributed by atoms with van der Waals surface area (Å²) in [6, 6.07) is 8.12. The number of carbonyl (C=O) groups is 1. The third-order valence-electron chi connectivity index (χ3n) is 3.63. The van der Waals surface area contributed by atoms with Crippen LogP contribution in [0.25, 0.3) is 0 Å². The minimum atomic E-state index is -0.143. The third-order valence-corrected chi connectivity index (χ3v) is 3.63. The van der Waals surface area contributed by atoms with Gasteiger partial charge in [-0.05, 0) is 31.5 Å². The van der Waals surface area contributed by atoms with Crippen LogP contribution >= 0.6 is 0 Å². The van der Waals surface area contributed by atoms with E-state index in [2.05, 4.69) is 41.5 Å². The minimum Gasteiger partial charge on any atom is -0.358 e. The lowest BCUT2D eigenvalue weighted by Gasteiger charge is -2.32. The van der Waals surface area contributed by atoms with Gasteiger partial charge in [0.25, 0.3) is 0 Å². The molecule has 0 spiro atoms. The van der Waals surface area contributed by atoms with E-state index in [1.165, 1.54) is 5.56 Å². The van der Waals surface area contributed by atoms with Gasteiger partial charge in [0, 0.05) is 25.3 Å². The number of aryl methyl sites for hydroxylation is 1. The van der Waals surface area contributed by atoms with Gasteiger partial charge in [0.15, 0.2) is 0 Å². The SMILES string of the molecule is CNCC1C(=O)NCC(C)CN1c1ccccc1C. The molecule has 1 saturated heterocycles. The van der Waals surface area contributed by atoms with Gasteiger partial charge in [-0.2, -0.15) is 0 Å². The predicted molar refractivity (Wildman–Crippen MR) is 78.4 cm³/mol. The Morgan fingerprint density at radius 1 is 1.42 bits per heavy atom. The van der Waals surface area contributed by atoms with E-state index in [1.54, 1.807) is 0 Å². The number of carbonyl (C=O) groups excluding carboxylic acids is 1. The fourth-order valence-electron chi connectivity index (χ4n) is 2.61. The Labute approximate surface area is 115 Å². The van der Waals surface area contributed by atoms with Gasteiger partial charge in [0.1, 0.15) is 6.04 Å². The smallest absolute Gasteiger partial charge is 0.244 e. The van der Waals surface area contributed by atoms with E-state index >= 15 is 0 Å². The second-order valence-corrected chi connectivity index (χ2v) is 5.36. The van der Waals surface area contributed by atoms with Crippen molar-refractivity contribution in [2.24, 2.45) is 5.92 Å². The van der Waals surface area contributed by atoms with E-state index in [-0.39, 0.29) is 11.9 Å². The molecule has 0 radical (unpaired) electrons. The highest BCUT2D eigenvalue weighted by atomic mass is 16.2. The van der Waals surface area contributed by atoms with Gasteiger partial charge in [-0.25, -0.2) is 0 Å². The molecule has 1 aromatic carbocycles. The van der Waals surface area contributed by atoms with Crippen LogP contribution in [0.4, 0.5) is 5.69 Å². The molecular formula is C15H23N3O. The summed E-state index contributed by atoms with van der Waals surface area (Å²) in [5, 5.41) is 6.15. The van der Waals surface area contributed by atoms with E-state index in [4.69, 9.17) is 0 Å². The zero-order chi connectivity index (χ0) is 13.8. The molecule has 4 nitrogen and oxygen atoms in total. The molecule has 0 bridgehead atoms. The minimum absolute atomic E-state index is 0.113. The quantitative estimate of drug-likeness (QED) is 0.858. The van der Waals surface area contributed by atoms with Gasteiger partial charge in [-0.1, -0.05) is 25.1 Å². The summed E-state index contributed by atoms with van der Waals surface area (Å²) >= 11 is 0. The zero-order valence-corrected chi connectivity index (χ0v) is 11.9. The average Bonchev–Trinajstić information content (AvgIpc) is 2.53. The summed E-state index contributed by atoms with van der Waals surface area (Å²) < 4.78 is 0. The number of likely N-dealkylation sites (N-methyl/N-ethyl adjacent to an activating group) is 1. The largest absolute Gasteiger partial charge is 0.358 e. The van der Waals surface area contributed by atoms with Crippen molar-refractivity contribution in [2.75, 3.05) is 31.6 Å². The number of hydrogen-bond donors (Lipinski definition) is 2. The molecule has 4 heteroatoms. The lowest BCUT2D eigenvalue weighted by atomic mass is 10.1. The van der Waals surface area contributed by atoms with Crippen LogP contribution in [0, 0.1) is 12.8 Å². The molecule has 2 rings (SSSR count). The van der Waals surface area contributed by atoms with E-state index < -0.39 is 0 Å². The van der Waals surface area contributed by atoms with Gasteiger partial charge in [0.2, 0.25) is 5.91 Å². The van der Waals surface area contributed by atoms with Crippen LogP contribution < -0.4 is 15.5 Å². The molecule has 19 heavy (non-hydrogen) atoms. The summed E-state index contributed by atoms with van der Waals surface area (Å²) in [7, 11) is 1.89. The lowest BCUT2D eigenvalue weighted by Crippen LogP contribution is -2.50. The Morgan fingerprint density at radius 2 is 2.16 bits per heavy atom. The Hall–Kier alpha value is -1.55. The molecule has 0 aliphatic carbocycles. The number of anilines is 1. The van der Waals surface area contributed by atoms with Crippen molar-refractivity contribution in [1.29, 1.82) is 0 Å². The highest BCUT2D eigenvalue weighted by molar-refractivity contribution is 5.86. The molecule has 1 aliphatic rings. The van der Waals surface area contributed by atoms with Gasteiger partial charge in [-0.3, -0.25) is 4.79 Å². The predicted octanol–water partition coefficient (Wildman–Crippen LogP) is 1.16. The van der Waals surface area contributed by atoms with Crippen LogP contribution in [0.3, 0.4) is 0 Å². The van der Waals surface area contributed by atoms with E-state index in [0.29, 0.717) is 12.5 Å². The van der Waals surface area contributed by atoms with Crippen molar-refractivity contribution >= 4 is 11.6 Å². The van der Waals surface area contributed by atoms with Crippen molar-refractivity contribution in [3.8, 4) is 0 Å². The Balaban J connectivity index is 2.36. The van der Waals surface area contributed by atoms with Gasteiger partial charge in [0.05, 0.1) is 0 Å². The maximum Gasteiger partial charge on any atom is 0.244 e. The van der Waals surface area contributed by atoms with Gasteiger partial charge < -0.3 is 15.5 Å². The van der Waals surface area contributed by atoms with E-state index in [1.807, 2.05) is 19.2 Å². The van der Waals surface area contributed by atoms with Crippen LogP contribution in [-0.2, 0) is 4.79 Å². The highest BCUT2D eigenvalue weighted by Gasteiger charge is 2.30. The topological polar surface area (TPSA) is 44.4 Å². The summed E-state index contributed by atoms with van der Waals surface area (Å²) in [5.74, 6) is 0.562. The number of amides is 1. The summed E-state index contributed by atoms with van der Waals surface area (Å²) in [6.07, 6.45) is 0. The van der Waals surface area contributed by atoms with Crippen molar-refractivity contribution in [2.45, 2.75) is 19.9 Å². The summed E-state index contributed by atoms with van der Waals surface area (Å²) in [6.45, 7) is 6.58. The first-order valence-electron chi connectivity index (χ1n) is 6.88. The normalized spacial score (nSPS) is 23.9. The Morgan fingerprint density at radius 3 is 2.84 bits per heavy atom. The number of benzene rings is 1. The number of hydrogen-bond acceptors (Lipinski definition) is 3. The molecule has 2 atom stereocenters. The van der Waals surface area contributed by atoms with Crippen LogP contribution in [0.5, 0.6) is 0 Å². The fourth-order valence-corrected chi connectivity index (χ4v) is 2.61. The fraction of sp³-hybridized carbons (Fsp3) is 0.533. The molecule has 0 saturated carbocycles. The van der Waals surface area contributed by atoms with E-state index in [0.717, 1.165) is 18.8 Å². The van der Waals surface area contributed by atoms with Crippen molar-refractivity contribution in [3.63, 3.8) is 0 Å². The van der Waals surface area contributed by atoms with Crippen LogP contribution in [-0.4, -0.2) is 38.6 Å². The molecule has 2 unspecified atom stereocenters. The second-order valence-electron chi connectivity index (χ2n) is 5.36. The molecular weight excluding hydrogens is 238 g/mol. The Kier molecular flexibility index (Phi) is 4.43. The van der Waals surface area contributed by atoms with Crippen LogP contribution in [0.1, 0.15) is 12.5 Å². The molecule has 2 N–H and O–H groups in total. The first kappa shape index (κ1) is 13.9. The summed E-state index contributed by atoms with van der Waals surface area (Å²) in [5.41, 5.74) is 2.37. The average molecular weight is 261 g/mol. The molecule has 1 fully saturated rings. The number of nitrogens with zero attached hydrogens (tertiary/aromatic N) is 1. The number of nitrogens with one attached hydrogen (secondary N) is 2. The maximum atomic E-state index is 12.3. The standard InChI is InChI=1S/C15H23N3O/c1-11-8-17-15(19)14(9-16-3)18(10-11)13-7-5-4-6-12(13)2/h4-7,11,14,16H,8-10H2,1-3H3,(H,17,19). The van der Waals surface area contributed by atoms with Gasteiger partial charge >= 0.3 is 0 Å². The van der Waals surface area contributed by atoms with Crippen molar-refractivity contribution in [1.82, 2.24) is 10.6 Å². The number of para-hydroxylation sites is 1. The Bertz CT molecular complexity index is 447. The molecule has 1 heterocycles. The highest BCUT2D eigenvalue weighted by Crippen LogP contribution is 2.24. The van der Waals surface area contributed by atoms with Crippen LogP contribution in [0.15, 0.2) is 24.3 Å². The molecule has 0 aromatic heterocycles. The molecule has 104 valence electrons. The zero-order valence-electron chi connectivity index (χ0n) is 11.9. The number of rotatable bonds is 3. The first-order chi connectivity index (χ1) is 9.13. The van der Waals surface area contributed by atoms with Gasteiger partial charge in [-0.15, -0.1) is 0 Å². The monoisotopic (exact) mass is 261 g/mol. The second kappa shape index (κ2) is 6.06.